The standard InChI is InChI=1S/C14H25N3O4/c1-3-12-10-17(8-9-21-12)14(20)16-6-4-15(5-7-16)11(2)13(18)19/h11-12H,3-10H2,1-2H3,(H,18,19). The van der Waals surface area contributed by atoms with Gasteiger partial charge in [0.1, 0.15) is 6.04 Å². The monoisotopic (exact) mass is 299 g/mol. The molecule has 0 aromatic rings. The highest BCUT2D eigenvalue weighted by molar-refractivity contribution is 5.75. The number of urea groups is 1. The lowest BCUT2D eigenvalue weighted by Gasteiger charge is -2.40. The van der Waals surface area contributed by atoms with Crippen LogP contribution in [0.15, 0.2) is 0 Å². The second kappa shape index (κ2) is 7.09. The molecule has 0 aliphatic carbocycles. The molecule has 2 atom stereocenters. The third-order valence-corrected chi connectivity index (χ3v) is 4.35. The van der Waals surface area contributed by atoms with Gasteiger partial charge in [-0.3, -0.25) is 9.69 Å². The Morgan fingerprint density at radius 3 is 2.43 bits per heavy atom. The Hall–Kier alpha value is -1.34. The average molecular weight is 299 g/mol. The molecule has 2 unspecified atom stereocenters. The Bertz CT molecular complexity index is 382. The van der Waals surface area contributed by atoms with Crippen molar-refractivity contribution in [2.45, 2.75) is 32.4 Å². The van der Waals surface area contributed by atoms with Crippen molar-refractivity contribution in [1.29, 1.82) is 0 Å². The molecule has 2 aliphatic rings. The van der Waals surface area contributed by atoms with Crippen LogP contribution in [0.2, 0.25) is 0 Å². The molecule has 2 fully saturated rings. The summed E-state index contributed by atoms with van der Waals surface area (Å²) in [6.45, 7) is 8.04. The molecular weight excluding hydrogens is 274 g/mol. The number of carbonyl (C=O) groups is 2. The Balaban J connectivity index is 1.84. The second-order valence-electron chi connectivity index (χ2n) is 5.67. The van der Waals surface area contributed by atoms with E-state index < -0.39 is 12.0 Å². The van der Waals surface area contributed by atoms with Crippen molar-refractivity contribution >= 4 is 12.0 Å². The van der Waals surface area contributed by atoms with Crippen molar-refractivity contribution in [3.8, 4) is 0 Å². The van der Waals surface area contributed by atoms with Gasteiger partial charge in [-0.1, -0.05) is 6.92 Å². The number of carbonyl (C=O) groups excluding carboxylic acids is 1. The fraction of sp³-hybridized carbons (Fsp3) is 0.857. The van der Waals surface area contributed by atoms with Crippen LogP contribution in [0, 0.1) is 0 Å². The third kappa shape index (κ3) is 3.85. The summed E-state index contributed by atoms with van der Waals surface area (Å²) in [5.74, 6) is -0.811. The van der Waals surface area contributed by atoms with Crippen molar-refractivity contribution in [1.82, 2.24) is 14.7 Å². The third-order valence-electron chi connectivity index (χ3n) is 4.35. The van der Waals surface area contributed by atoms with Crippen LogP contribution in [0.25, 0.3) is 0 Å². The van der Waals surface area contributed by atoms with Crippen LogP contribution >= 0.6 is 0 Å². The molecule has 2 rings (SSSR count). The van der Waals surface area contributed by atoms with Crippen LogP contribution in [-0.2, 0) is 9.53 Å². The molecule has 1 N–H and O–H groups in total. The fourth-order valence-electron chi connectivity index (χ4n) is 2.80. The number of ether oxygens (including phenoxy) is 1. The van der Waals surface area contributed by atoms with Crippen LogP contribution in [0.4, 0.5) is 4.79 Å². The van der Waals surface area contributed by atoms with E-state index in [1.807, 2.05) is 14.7 Å². The molecule has 7 heteroatoms. The largest absolute Gasteiger partial charge is 0.480 e. The van der Waals surface area contributed by atoms with E-state index in [0.29, 0.717) is 45.9 Å². The van der Waals surface area contributed by atoms with Crippen molar-refractivity contribution in [2.75, 3.05) is 45.9 Å². The zero-order chi connectivity index (χ0) is 15.4. The normalized spacial score (nSPS) is 25.7. The first kappa shape index (κ1) is 16.0. The van der Waals surface area contributed by atoms with Crippen molar-refractivity contribution < 1.29 is 19.4 Å². The predicted molar refractivity (Wildman–Crippen MR) is 77.2 cm³/mol. The molecule has 120 valence electrons. The summed E-state index contributed by atoms with van der Waals surface area (Å²) >= 11 is 0. The molecule has 0 aromatic carbocycles. The lowest BCUT2D eigenvalue weighted by molar-refractivity contribution is -0.143. The summed E-state index contributed by atoms with van der Waals surface area (Å²) in [6.07, 6.45) is 1.05. The van der Waals surface area contributed by atoms with E-state index in [4.69, 9.17) is 9.84 Å². The lowest BCUT2D eigenvalue weighted by Crippen LogP contribution is -2.57. The van der Waals surface area contributed by atoms with Crippen molar-refractivity contribution in [2.24, 2.45) is 0 Å². The summed E-state index contributed by atoms with van der Waals surface area (Å²) in [5.41, 5.74) is 0. The van der Waals surface area contributed by atoms with Crippen LogP contribution < -0.4 is 0 Å². The smallest absolute Gasteiger partial charge is 0.320 e. The van der Waals surface area contributed by atoms with Crippen LogP contribution in [0.1, 0.15) is 20.3 Å². The van der Waals surface area contributed by atoms with Crippen LogP contribution in [0.5, 0.6) is 0 Å². The number of rotatable bonds is 3. The highest BCUT2D eigenvalue weighted by Gasteiger charge is 2.31. The first-order valence-corrected chi connectivity index (χ1v) is 7.65. The fourth-order valence-corrected chi connectivity index (χ4v) is 2.80. The molecule has 2 saturated heterocycles. The van der Waals surface area contributed by atoms with Gasteiger partial charge in [-0.05, 0) is 13.3 Å². The molecule has 0 spiro atoms. The maximum Gasteiger partial charge on any atom is 0.320 e. The molecule has 7 nitrogen and oxygen atoms in total. The molecule has 2 aliphatic heterocycles. The second-order valence-corrected chi connectivity index (χ2v) is 5.67. The van der Waals surface area contributed by atoms with Gasteiger partial charge in [0.2, 0.25) is 0 Å². The maximum absolute atomic E-state index is 12.5. The SMILES string of the molecule is CCC1CN(C(=O)N2CCN(C(C)C(=O)O)CC2)CCO1. The molecule has 0 radical (unpaired) electrons. The zero-order valence-electron chi connectivity index (χ0n) is 12.8. The van der Waals surface area contributed by atoms with Crippen LogP contribution in [0.3, 0.4) is 0 Å². The Kier molecular flexibility index (Phi) is 5.41. The van der Waals surface area contributed by atoms with Gasteiger partial charge >= 0.3 is 12.0 Å². The number of nitrogens with zero attached hydrogens (tertiary/aromatic N) is 3. The van der Waals surface area contributed by atoms with Crippen molar-refractivity contribution in [3.63, 3.8) is 0 Å². The summed E-state index contributed by atoms with van der Waals surface area (Å²) < 4.78 is 5.58. The minimum absolute atomic E-state index is 0.0550. The Morgan fingerprint density at radius 1 is 1.19 bits per heavy atom. The van der Waals surface area contributed by atoms with Gasteiger partial charge in [-0.25, -0.2) is 4.79 Å². The zero-order valence-corrected chi connectivity index (χ0v) is 12.8. The number of carboxylic acids is 1. The number of aliphatic carboxylic acids is 1. The highest BCUT2D eigenvalue weighted by Crippen LogP contribution is 2.13. The number of morpholine rings is 1. The first-order chi connectivity index (χ1) is 10.0. The summed E-state index contributed by atoms with van der Waals surface area (Å²) in [4.78, 5) is 29.1. The van der Waals surface area contributed by atoms with Gasteiger partial charge in [-0.2, -0.15) is 0 Å². The topological polar surface area (TPSA) is 73.3 Å². The van der Waals surface area contributed by atoms with Gasteiger partial charge < -0.3 is 19.6 Å². The van der Waals surface area contributed by atoms with Crippen LogP contribution in [-0.4, -0.2) is 89.8 Å². The summed E-state index contributed by atoms with van der Waals surface area (Å²) in [6, 6.07) is -0.436. The van der Waals surface area contributed by atoms with Gasteiger partial charge in [0.25, 0.3) is 0 Å². The van der Waals surface area contributed by atoms with Gasteiger partial charge in [0, 0.05) is 39.3 Å². The van der Waals surface area contributed by atoms with Gasteiger partial charge in [0.15, 0.2) is 0 Å². The van der Waals surface area contributed by atoms with E-state index in [1.165, 1.54) is 0 Å². The summed E-state index contributed by atoms with van der Waals surface area (Å²) in [7, 11) is 0. The molecular formula is C14H25N3O4. The van der Waals surface area contributed by atoms with E-state index in [-0.39, 0.29) is 12.1 Å². The Labute approximate surface area is 125 Å². The first-order valence-electron chi connectivity index (χ1n) is 7.65. The van der Waals surface area contributed by atoms with Gasteiger partial charge in [-0.15, -0.1) is 0 Å². The summed E-state index contributed by atoms with van der Waals surface area (Å²) in [5, 5.41) is 9.03. The number of carboxylic acid groups (broad SMARTS) is 1. The predicted octanol–water partition coefficient (Wildman–Crippen LogP) is 0.308. The van der Waals surface area contributed by atoms with Gasteiger partial charge in [0.05, 0.1) is 12.7 Å². The highest BCUT2D eigenvalue weighted by atomic mass is 16.5. The van der Waals surface area contributed by atoms with E-state index in [1.54, 1.807) is 6.92 Å². The number of hydrogen-bond acceptors (Lipinski definition) is 4. The molecule has 0 saturated carbocycles. The molecule has 0 aromatic heterocycles. The lowest BCUT2D eigenvalue weighted by atomic mass is 10.2. The van der Waals surface area contributed by atoms with Crippen molar-refractivity contribution in [3.05, 3.63) is 0 Å². The van der Waals surface area contributed by atoms with E-state index in [0.717, 1.165) is 6.42 Å². The molecule has 0 bridgehead atoms. The average Bonchev–Trinajstić information content (AvgIpc) is 2.53. The minimum atomic E-state index is -0.811. The molecule has 2 heterocycles. The number of hydrogen-bond donors (Lipinski definition) is 1. The van der Waals surface area contributed by atoms with E-state index in [9.17, 15) is 9.59 Å². The van der Waals surface area contributed by atoms with E-state index in [2.05, 4.69) is 6.92 Å². The Morgan fingerprint density at radius 2 is 1.86 bits per heavy atom. The quantitative estimate of drug-likeness (QED) is 0.812. The number of piperazine rings is 1. The molecule has 2 amide bonds. The van der Waals surface area contributed by atoms with E-state index >= 15 is 0 Å². The molecule has 21 heavy (non-hydrogen) atoms. The number of amides is 2. The maximum atomic E-state index is 12.5. The minimum Gasteiger partial charge on any atom is -0.480 e.